The molecule has 0 aromatic heterocycles. The molecule has 1 aromatic carbocycles. The highest BCUT2D eigenvalue weighted by molar-refractivity contribution is 14.1. The van der Waals surface area contributed by atoms with E-state index in [4.69, 9.17) is 0 Å². The Labute approximate surface area is 114 Å². The molecule has 0 amide bonds. The van der Waals surface area contributed by atoms with Crippen molar-refractivity contribution in [3.05, 3.63) is 24.3 Å². The van der Waals surface area contributed by atoms with Crippen molar-refractivity contribution in [1.29, 1.82) is 0 Å². The maximum absolute atomic E-state index is 2.64. The van der Waals surface area contributed by atoms with Gasteiger partial charge in [0.25, 0.3) is 0 Å². The topological polar surface area (TPSA) is 0 Å². The molecule has 4 heteroatoms. The van der Waals surface area contributed by atoms with E-state index in [1.165, 1.54) is 0 Å². The van der Waals surface area contributed by atoms with Crippen LogP contribution in [-0.4, -0.2) is 11.1 Å². The first kappa shape index (κ1) is 13.2. The fourth-order valence-electron chi connectivity index (χ4n) is 1.26. The van der Waals surface area contributed by atoms with Crippen molar-refractivity contribution in [2.24, 2.45) is 0 Å². The molecule has 0 saturated carbocycles. The van der Waals surface area contributed by atoms with Crippen LogP contribution in [0.3, 0.4) is 0 Å². The fourth-order valence-corrected chi connectivity index (χ4v) is 5.40. The molecule has 0 aliphatic rings. The normalized spacial score (nSPS) is 13.0. The first-order chi connectivity index (χ1) is 6.21. The third-order valence-electron chi connectivity index (χ3n) is 2.24. The highest BCUT2D eigenvalue weighted by atomic mass is 127. The third kappa shape index (κ3) is 3.60. The zero-order chi connectivity index (χ0) is 11.0. The van der Waals surface area contributed by atoms with E-state index in [2.05, 4.69) is 94.0 Å². The van der Waals surface area contributed by atoms with Gasteiger partial charge in [-0.15, -0.1) is 43.6 Å². The summed E-state index contributed by atoms with van der Waals surface area (Å²) in [5.74, 6) is 0. The maximum Gasteiger partial charge on any atom is 0.149 e. The summed E-state index contributed by atoms with van der Waals surface area (Å²) < 4.78 is 0. The second kappa shape index (κ2) is 4.54. The largest absolute Gasteiger partial charge is 0.149 e. The first-order valence-corrected chi connectivity index (χ1v) is 16.9. The number of hydrogen-bond acceptors (Lipinski definition) is 0. The van der Waals surface area contributed by atoms with Gasteiger partial charge in [-0.3, -0.25) is 0 Å². The summed E-state index contributed by atoms with van der Waals surface area (Å²) in [5.41, 5.74) is -2.31. The molecular formula is C10H16I2Si2. The minimum atomic E-state index is -1.15. The van der Waals surface area contributed by atoms with E-state index in [0.717, 1.165) is 0 Å². The van der Waals surface area contributed by atoms with Crippen molar-refractivity contribution < 1.29 is 0 Å². The Bertz CT molecular complexity index is 294. The molecule has 0 unspecified atom stereocenters. The van der Waals surface area contributed by atoms with Crippen LogP contribution in [0.15, 0.2) is 24.3 Å². The van der Waals surface area contributed by atoms with Gasteiger partial charge in [-0.1, -0.05) is 50.5 Å². The molecule has 1 aromatic rings. The highest BCUT2D eigenvalue weighted by Gasteiger charge is 2.23. The van der Waals surface area contributed by atoms with Gasteiger partial charge in [0.15, 0.2) is 0 Å². The average Bonchev–Trinajstić information content (AvgIpc) is 2.01. The Balaban J connectivity index is 3.15. The number of rotatable bonds is 2. The van der Waals surface area contributed by atoms with Gasteiger partial charge in [-0.2, -0.15) is 0 Å². The third-order valence-corrected chi connectivity index (χ3v) is 9.34. The van der Waals surface area contributed by atoms with Crippen LogP contribution in [0.1, 0.15) is 0 Å². The summed E-state index contributed by atoms with van der Waals surface area (Å²) >= 11 is 5.28. The Morgan fingerprint density at radius 2 is 1.21 bits per heavy atom. The van der Waals surface area contributed by atoms with Crippen LogP contribution >= 0.6 is 43.6 Å². The fraction of sp³-hybridized carbons (Fsp3) is 0.400. The van der Waals surface area contributed by atoms with Crippen LogP contribution in [0.4, 0.5) is 0 Å². The molecular weight excluding hydrogens is 430 g/mol. The smallest absolute Gasteiger partial charge is 0.113 e. The lowest BCUT2D eigenvalue weighted by Gasteiger charge is -2.19. The van der Waals surface area contributed by atoms with E-state index in [9.17, 15) is 0 Å². The summed E-state index contributed by atoms with van der Waals surface area (Å²) in [7, 11) is 0. The molecule has 0 nitrogen and oxygen atoms in total. The predicted molar refractivity (Wildman–Crippen MR) is 88.7 cm³/mol. The Kier molecular flexibility index (Phi) is 4.28. The molecule has 0 aliphatic carbocycles. The zero-order valence-electron chi connectivity index (χ0n) is 9.07. The molecule has 78 valence electrons. The summed E-state index contributed by atoms with van der Waals surface area (Å²) in [4.78, 5) is 0. The minimum Gasteiger partial charge on any atom is -0.113 e. The van der Waals surface area contributed by atoms with Crippen molar-refractivity contribution >= 4 is 65.1 Å². The highest BCUT2D eigenvalue weighted by Crippen LogP contribution is 2.14. The van der Waals surface area contributed by atoms with Crippen molar-refractivity contribution in [3.63, 3.8) is 0 Å². The van der Waals surface area contributed by atoms with Gasteiger partial charge in [-0.25, -0.2) is 0 Å². The van der Waals surface area contributed by atoms with Crippen LogP contribution in [0.2, 0.25) is 26.2 Å². The Morgan fingerprint density at radius 3 is 1.50 bits per heavy atom. The summed E-state index contributed by atoms with van der Waals surface area (Å²) in [5, 5.41) is 3.15. The van der Waals surface area contributed by atoms with Gasteiger partial charge < -0.3 is 0 Å². The van der Waals surface area contributed by atoms with Crippen molar-refractivity contribution in [2.45, 2.75) is 26.2 Å². The Hall–Kier alpha value is 1.11. The molecule has 0 fully saturated rings. The second-order valence-electron chi connectivity index (χ2n) is 4.53. The van der Waals surface area contributed by atoms with Crippen LogP contribution in [0.25, 0.3) is 0 Å². The van der Waals surface area contributed by atoms with E-state index >= 15 is 0 Å². The minimum absolute atomic E-state index is 1.15. The van der Waals surface area contributed by atoms with E-state index in [1.807, 2.05) is 0 Å². The van der Waals surface area contributed by atoms with Gasteiger partial charge in [0.05, 0.1) is 0 Å². The van der Waals surface area contributed by atoms with Gasteiger partial charge in [-0.05, 0) is 10.4 Å². The molecule has 14 heavy (non-hydrogen) atoms. The average molecular weight is 446 g/mol. The molecule has 0 aliphatic heterocycles. The van der Waals surface area contributed by atoms with Crippen molar-refractivity contribution in [3.8, 4) is 0 Å². The van der Waals surface area contributed by atoms with Gasteiger partial charge in [0.2, 0.25) is 0 Å². The van der Waals surface area contributed by atoms with E-state index in [1.54, 1.807) is 10.4 Å². The molecule has 0 saturated heterocycles. The number of hydrogen-bond donors (Lipinski definition) is 0. The maximum atomic E-state index is 2.64. The van der Waals surface area contributed by atoms with Gasteiger partial charge in [0.1, 0.15) is 11.1 Å². The molecule has 0 atom stereocenters. The molecule has 0 spiro atoms. The van der Waals surface area contributed by atoms with Crippen molar-refractivity contribution in [2.75, 3.05) is 0 Å². The predicted octanol–water partition coefficient (Wildman–Crippen LogP) is 3.38. The summed E-state index contributed by atoms with van der Waals surface area (Å²) in [6.07, 6.45) is 0. The Morgan fingerprint density at radius 1 is 0.857 bits per heavy atom. The lowest BCUT2D eigenvalue weighted by Crippen LogP contribution is -2.41. The quantitative estimate of drug-likeness (QED) is 0.372. The molecule has 1 rings (SSSR count). The van der Waals surface area contributed by atoms with Gasteiger partial charge in [0, 0.05) is 0 Å². The van der Waals surface area contributed by atoms with Crippen LogP contribution in [0.5, 0.6) is 0 Å². The standard InChI is InChI=1S/C10H16I2Si2/c1-13(2,11)9-6-5-7-10(8-9)14(3,4)12/h5-8H,1-4H3. The second-order valence-corrected chi connectivity index (χ2v) is 27.8. The molecule has 0 radical (unpaired) electrons. The van der Waals surface area contributed by atoms with E-state index in [0.29, 0.717) is 0 Å². The molecule has 0 bridgehead atoms. The first-order valence-electron chi connectivity index (χ1n) is 4.70. The molecule has 0 N–H and O–H groups in total. The lowest BCUT2D eigenvalue weighted by molar-refractivity contribution is 1.76. The van der Waals surface area contributed by atoms with E-state index < -0.39 is 11.1 Å². The molecule has 0 heterocycles. The lowest BCUT2D eigenvalue weighted by atomic mass is 10.4. The van der Waals surface area contributed by atoms with Crippen LogP contribution in [-0.2, 0) is 0 Å². The number of halogens is 2. The van der Waals surface area contributed by atoms with Gasteiger partial charge >= 0.3 is 0 Å². The number of benzene rings is 1. The van der Waals surface area contributed by atoms with Crippen LogP contribution < -0.4 is 10.4 Å². The van der Waals surface area contributed by atoms with Crippen molar-refractivity contribution in [1.82, 2.24) is 0 Å². The van der Waals surface area contributed by atoms with E-state index in [-0.39, 0.29) is 0 Å². The zero-order valence-corrected chi connectivity index (χ0v) is 15.4. The van der Waals surface area contributed by atoms with Crippen LogP contribution in [0, 0.1) is 0 Å². The monoisotopic (exact) mass is 446 g/mol. The SMILES string of the molecule is C[Si](C)(I)c1cccc([Si](C)(C)I)c1. The summed E-state index contributed by atoms with van der Waals surface area (Å²) in [6.45, 7) is 9.59. The summed E-state index contributed by atoms with van der Waals surface area (Å²) in [6, 6.07) is 9.25.